The van der Waals surface area contributed by atoms with Crippen molar-refractivity contribution in [3.63, 3.8) is 0 Å². The molecule has 4 aromatic heterocycles. The highest BCUT2D eigenvalue weighted by Gasteiger charge is 2.15. The highest BCUT2D eigenvalue weighted by molar-refractivity contribution is 7.99. The molecule has 31 heavy (non-hydrogen) atoms. The summed E-state index contributed by atoms with van der Waals surface area (Å²) in [5.74, 6) is 2.56. The van der Waals surface area contributed by atoms with Crippen LogP contribution in [0.25, 0.3) is 11.1 Å². The first kappa shape index (κ1) is 19.5. The lowest BCUT2D eigenvalue weighted by Gasteiger charge is -2.12. The lowest BCUT2D eigenvalue weighted by Crippen LogP contribution is -1.97. The third-order valence-electron chi connectivity index (χ3n) is 4.29. The molecule has 4 heterocycles. The third kappa shape index (κ3) is 4.21. The van der Waals surface area contributed by atoms with Crippen LogP contribution >= 0.6 is 23.3 Å². The van der Waals surface area contributed by atoms with Crippen molar-refractivity contribution in [3.8, 4) is 11.5 Å². The largest absolute Gasteiger partial charge is 0.453 e. The molecule has 0 aliphatic rings. The Bertz CT molecular complexity index is 1350. The minimum Gasteiger partial charge on any atom is -0.453 e. The van der Waals surface area contributed by atoms with Gasteiger partial charge in [-0.2, -0.15) is 4.37 Å². The number of aryl methyl sites for hydroxylation is 2. The summed E-state index contributed by atoms with van der Waals surface area (Å²) in [6.07, 6.45) is 3.49. The molecule has 0 bridgehead atoms. The highest BCUT2D eigenvalue weighted by atomic mass is 32.2. The second kappa shape index (κ2) is 8.32. The molecule has 10 heteroatoms. The van der Waals surface area contributed by atoms with Gasteiger partial charge < -0.3 is 14.6 Å². The van der Waals surface area contributed by atoms with Crippen LogP contribution in [0.3, 0.4) is 0 Å². The Kier molecular flexibility index (Phi) is 5.23. The van der Waals surface area contributed by atoms with E-state index in [0.717, 1.165) is 20.9 Å². The molecular formula is C21H16N6O2S2. The van der Waals surface area contributed by atoms with Crippen LogP contribution in [0.1, 0.15) is 11.5 Å². The molecule has 154 valence electrons. The van der Waals surface area contributed by atoms with Crippen molar-refractivity contribution >= 4 is 45.3 Å². The van der Waals surface area contributed by atoms with Crippen LogP contribution in [0.2, 0.25) is 0 Å². The van der Waals surface area contributed by atoms with Crippen LogP contribution in [-0.4, -0.2) is 24.5 Å². The molecule has 5 rings (SSSR count). The average Bonchev–Trinajstić information content (AvgIpc) is 3.36. The Morgan fingerprint density at radius 1 is 1.10 bits per heavy atom. The zero-order valence-corrected chi connectivity index (χ0v) is 18.2. The molecule has 0 amide bonds. The first-order valence-electron chi connectivity index (χ1n) is 9.35. The summed E-state index contributed by atoms with van der Waals surface area (Å²) in [6, 6.07) is 13.4. The van der Waals surface area contributed by atoms with E-state index in [4.69, 9.17) is 9.26 Å². The number of para-hydroxylation sites is 1. The maximum absolute atomic E-state index is 6.14. The van der Waals surface area contributed by atoms with Gasteiger partial charge in [0, 0.05) is 39.8 Å². The van der Waals surface area contributed by atoms with E-state index in [2.05, 4.69) is 29.8 Å². The second-order valence-electron chi connectivity index (χ2n) is 6.56. The molecular weight excluding hydrogens is 432 g/mol. The summed E-state index contributed by atoms with van der Waals surface area (Å²) < 4.78 is 15.6. The van der Waals surface area contributed by atoms with Gasteiger partial charge in [0.1, 0.15) is 11.6 Å². The van der Waals surface area contributed by atoms with Gasteiger partial charge in [-0.1, -0.05) is 35.1 Å². The Morgan fingerprint density at radius 2 is 1.97 bits per heavy atom. The lowest BCUT2D eigenvalue weighted by atomic mass is 10.3. The van der Waals surface area contributed by atoms with E-state index in [0.29, 0.717) is 34.0 Å². The number of benzene rings is 1. The van der Waals surface area contributed by atoms with Gasteiger partial charge in [0.25, 0.3) is 5.71 Å². The van der Waals surface area contributed by atoms with Crippen LogP contribution < -0.4 is 10.1 Å². The zero-order chi connectivity index (χ0) is 21.2. The molecule has 0 aliphatic carbocycles. The van der Waals surface area contributed by atoms with Gasteiger partial charge in [0.15, 0.2) is 11.6 Å². The number of hydrogen-bond acceptors (Lipinski definition) is 10. The average molecular weight is 449 g/mol. The number of ether oxygens (including phenoxy) is 1. The minimum atomic E-state index is 0.515. The zero-order valence-electron chi connectivity index (χ0n) is 16.6. The first-order chi connectivity index (χ1) is 15.2. The van der Waals surface area contributed by atoms with Crippen molar-refractivity contribution in [2.45, 2.75) is 23.6 Å². The van der Waals surface area contributed by atoms with Crippen LogP contribution in [-0.2, 0) is 0 Å². The number of nitrogens with one attached hydrogen (secondary N) is 1. The lowest BCUT2D eigenvalue weighted by molar-refractivity contribution is 0.443. The summed E-state index contributed by atoms with van der Waals surface area (Å²) in [5.41, 5.74) is 1.31. The monoisotopic (exact) mass is 448 g/mol. The number of pyridine rings is 2. The molecule has 1 aromatic carbocycles. The normalized spacial score (nSPS) is 11.0. The van der Waals surface area contributed by atoms with E-state index in [1.807, 2.05) is 56.3 Å². The number of nitrogens with zero attached hydrogens (tertiary/aromatic N) is 5. The Labute approximate surface area is 185 Å². The molecule has 0 fully saturated rings. The number of rotatable bonds is 6. The molecule has 0 unspecified atom stereocenters. The van der Waals surface area contributed by atoms with E-state index < -0.39 is 0 Å². The van der Waals surface area contributed by atoms with Crippen LogP contribution in [0, 0.1) is 13.8 Å². The predicted octanol–water partition coefficient (Wildman–Crippen LogP) is 5.77. The van der Waals surface area contributed by atoms with E-state index in [1.165, 1.54) is 11.5 Å². The van der Waals surface area contributed by atoms with E-state index >= 15 is 0 Å². The van der Waals surface area contributed by atoms with Crippen molar-refractivity contribution in [2.24, 2.45) is 0 Å². The maximum atomic E-state index is 6.14. The summed E-state index contributed by atoms with van der Waals surface area (Å²) in [7, 11) is 0. The first-order valence-corrected chi connectivity index (χ1v) is 10.9. The number of aromatic nitrogens is 5. The Morgan fingerprint density at radius 3 is 2.77 bits per heavy atom. The minimum absolute atomic E-state index is 0.515. The predicted molar refractivity (Wildman–Crippen MR) is 119 cm³/mol. The number of fused-ring (bicyclic) bond motifs is 1. The molecule has 1 N–H and O–H groups in total. The summed E-state index contributed by atoms with van der Waals surface area (Å²) in [6.45, 7) is 3.75. The van der Waals surface area contributed by atoms with Gasteiger partial charge >= 0.3 is 0 Å². The Balaban J connectivity index is 1.51. The van der Waals surface area contributed by atoms with Crippen molar-refractivity contribution in [3.05, 3.63) is 66.4 Å². The fourth-order valence-corrected chi connectivity index (χ4v) is 4.48. The smallest absolute Gasteiger partial charge is 0.259 e. The Hall–Kier alpha value is -3.50. The fourth-order valence-electron chi connectivity index (χ4n) is 2.92. The molecule has 5 aromatic rings. The van der Waals surface area contributed by atoms with E-state index in [9.17, 15) is 0 Å². The fraction of sp³-hybridized carbons (Fsp3) is 0.0952. The van der Waals surface area contributed by atoms with Crippen molar-refractivity contribution < 1.29 is 9.26 Å². The van der Waals surface area contributed by atoms with Gasteiger partial charge in [0.2, 0.25) is 5.13 Å². The van der Waals surface area contributed by atoms with E-state index in [-0.39, 0.29) is 0 Å². The molecule has 0 saturated carbocycles. The van der Waals surface area contributed by atoms with Gasteiger partial charge in [-0.25, -0.2) is 15.0 Å². The van der Waals surface area contributed by atoms with Gasteiger partial charge in [-0.3, -0.25) is 0 Å². The number of hydrogen-bond donors (Lipinski definition) is 1. The number of anilines is 2. The summed E-state index contributed by atoms with van der Waals surface area (Å²) >= 11 is 2.82. The van der Waals surface area contributed by atoms with Gasteiger partial charge in [-0.15, -0.1) is 0 Å². The van der Waals surface area contributed by atoms with E-state index in [1.54, 1.807) is 24.2 Å². The van der Waals surface area contributed by atoms with Crippen LogP contribution in [0.5, 0.6) is 11.5 Å². The second-order valence-corrected chi connectivity index (χ2v) is 8.43. The van der Waals surface area contributed by atoms with Crippen molar-refractivity contribution in [1.82, 2.24) is 24.5 Å². The molecule has 0 radical (unpaired) electrons. The topological polar surface area (TPSA) is 98.9 Å². The SMILES string of the molecule is Cc1nsc(Nc2ncc(Sc3ccnc4onc(C)c34)cc2Oc2ccccc2)n1. The van der Waals surface area contributed by atoms with Crippen molar-refractivity contribution in [2.75, 3.05) is 5.32 Å². The molecule has 0 atom stereocenters. The molecule has 0 spiro atoms. The maximum Gasteiger partial charge on any atom is 0.259 e. The van der Waals surface area contributed by atoms with Crippen molar-refractivity contribution in [1.29, 1.82) is 0 Å². The highest BCUT2D eigenvalue weighted by Crippen LogP contribution is 2.38. The standard InChI is InChI=1S/C21H16N6O2S2/c1-12-18-17(8-9-22-20(18)29-26-12)30-15-10-16(28-14-6-4-3-5-7-14)19(23-11-15)25-21-24-13(2)27-31-21/h3-11H,1-2H3,(H,23,24,25,27). The third-order valence-corrected chi connectivity index (χ3v) is 6.03. The molecule has 0 saturated heterocycles. The van der Waals surface area contributed by atoms with Crippen LogP contribution in [0.15, 0.2) is 69.2 Å². The van der Waals surface area contributed by atoms with Crippen LogP contribution in [0.4, 0.5) is 10.9 Å². The van der Waals surface area contributed by atoms with Gasteiger partial charge in [-0.05, 0) is 32.0 Å². The summed E-state index contributed by atoms with van der Waals surface area (Å²) in [4.78, 5) is 15.1. The summed E-state index contributed by atoms with van der Waals surface area (Å²) in [5, 5.41) is 8.77. The quantitative estimate of drug-likeness (QED) is 0.347. The molecule has 8 nitrogen and oxygen atoms in total. The molecule has 0 aliphatic heterocycles. The van der Waals surface area contributed by atoms with Gasteiger partial charge in [0.05, 0.1) is 11.1 Å².